The van der Waals surface area contributed by atoms with Gasteiger partial charge in [-0.1, -0.05) is 0 Å². The first-order valence-corrected chi connectivity index (χ1v) is 3.87. The molecule has 1 rings (SSSR count). The second-order valence-corrected chi connectivity index (χ2v) is 2.80. The number of halogens is 1. The van der Waals surface area contributed by atoms with E-state index in [1.54, 1.807) is 0 Å². The molecule has 3 N–H and O–H groups in total. The lowest BCUT2D eigenvalue weighted by Gasteiger charge is -2.10. The van der Waals surface area contributed by atoms with E-state index in [-0.39, 0.29) is 5.75 Å². The first-order valence-electron chi connectivity index (χ1n) is 3.87. The van der Waals surface area contributed by atoms with Crippen LogP contribution in [0.5, 0.6) is 5.75 Å². The molecule has 0 bridgehead atoms. The van der Waals surface area contributed by atoms with Crippen molar-refractivity contribution in [1.29, 1.82) is 0 Å². The summed E-state index contributed by atoms with van der Waals surface area (Å²) in [6.45, 7) is 0.295. The SMILES string of the molecule is COCC(N)c1cc(O)cc(F)c1. The van der Waals surface area contributed by atoms with Crippen LogP contribution in [0.25, 0.3) is 0 Å². The number of phenols is 1. The van der Waals surface area contributed by atoms with Gasteiger partial charge in [0, 0.05) is 13.2 Å². The number of hydrogen-bond acceptors (Lipinski definition) is 3. The van der Waals surface area contributed by atoms with Crippen molar-refractivity contribution >= 4 is 0 Å². The molecule has 0 saturated heterocycles. The molecule has 13 heavy (non-hydrogen) atoms. The van der Waals surface area contributed by atoms with Crippen molar-refractivity contribution in [2.45, 2.75) is 6.04 Å². The quantitative estimate of drug-likeness (QED) is 0.743. The number of hydrogen-bond donors (Lipinski definition) is 2. The van der Waals surface area contributed by atoms with Crippen molar-refractivity contribution in [3.05, 3.63) is 29.6 Å². The molecule has 0 heterocycles. The summed E-state index contributed by atoms with van der Waals surface area (Å²) < 4.78 is 17.6. The van der Waals surface area contributed by atoms with Crippen LogP contribution in [0.1, 0.15) is 11.6 Å². The molecule has 0 aromatic heterocycles. The Hall–Kier alpha value is -1.13. The summed E-state index contributed by atoms with van der Waals surface area (Å²) in [6.07, 6.45) is 0. The lowest BCUT2D eigenvalue weighted by atomic mass is 10.1. The van der Waals surface area contributed by atoms with Gasteiger partial charge in [-0.15, -0.1) is 0 Å². The predicted octanol–water partition coefficient (Wildman–Crippen LogP) is 1.18. The number of methoxy groups -OCH3 is 1. The second kappa shape index (κ2) is 4.20. The number of benzene rings is 1. The van der Waals surface area contributed by atoms with Gasteiger partial charge in [0.2, 0.25) is 0 Å². The predicted molar refractivity (Wildman–Crippen MR) is 46.9 cm³/mol. The summed E-state index contributed by atoms with van der Waals surface area (Å²) in [5.41, 5.74) is 6.17. The van der Waals surface area contributed by atoms with Crippen molar-refractivity contribution in [1.82, 2.24) is 0 Å². The molecule has 3 nitrogen and oxygen atoms in total. The molecule has 1 aromatic carbocycles. The van der Waals surface area contributed by atoms with Crippen molar-refractivity contribution < 1.29 is 14.2 Å². The largest absolute Gasteiger partial charge is 0.508 e. The van der Waals surface area contributed by atoms with E-state index >= 15 is 0 Å². The molecule has 72 valence electrons. The van der Waals surface area contributed by atoms with Crippen molar-refractivity contribution in [2.75, 3.05) is 13.7 Å². The Labute approximate surface area is 75.9 Å². The molecule has 1 aromatic rings. The molecule has 0 aliphatic heterocycles. The Balaban J connectivity index is 2.87. The third-order valence-corrected chi connectivity index (χ3v) is 1.68. The summed E-state index contributed by atoms with van der Waals surface area (Å²) >= 11 is 0. The number of aromatic hydroxyl groups is 1. The van der Waals surface area contributed by atoms with Gasteiger partial charge in [-0.25, -0.2) is 4.39 Å². The zero-order valence-electron chi connectivity index (χ0n) is 7.33. The molecule has 0 aliphatic rings. The molecule has 0 radical (unpaired) electrons. The van der Waals surface area contributed by atoms with Gasteiger partial charge in [0.25, 0.3) is 0 Å². The minimum atomic E-state index is -0.499. The van der Waals surface area contributed by atoms with Crippen molar-refractivity contribution in [3.8, 4) is 5.75 Å². The lowest BCUT2D eigenvalue weighted by Crippen LogP contribution is -2.16. The highest BCUT2D eigenvalue weighted by Gasteiger charge is 2.07. The van der Waals surface area contributed by atoms with Crippen LogP contribution in [-0.2, 0) is 4.74 Å². The van der Waals surface area contributed by atoms with E-state index in [1.165, 1.54) is 19.2 Å². The molecule has 1 unspecified atom stereocenters. The Morgan fingerprint density at radius 1 is 1.54 bits per heavy atom. The van der Waals surface area contributed by atoms with E-state index in [0.717, 1.165) is 6.07 Å². The zero-order valence-corrected chi connectivity index (χ0v) is 7.33. The standard InChI is InChI=1S/C9H12FNO2/c1-13-5-9(11)6-2-7(10)4-8(12)3-6/h2-4,9,12H,5,11H2,1H3. The second-order valence-electron chi connectivity index (χ2n) is 2.80. The Morgan fingerprint density at radius 2 is 2.23 bits per heavy atom. The minimum Gasteiger partial charge on any atom is -0.508 e. The fourth-order valence-electron chi connectivity index (χ4n) is 1.09. The van der Waals surface area contributed by atoms with E-state index in [9.17, 15) is 4.39 Å². The molecular formula is C9H12FNO2. The van der Waals surface area contributed by atoms with Gasteiger partial charge in [0.05, 0.1) is 12.6 Å². The summed E-state index contributed by atoms with van der Waals surface area (Å²) in [5, 5.41) is 9.07. The third kappa shape index (κ3) is 2.68. The number of ether oxygens (including phenoxy) is 1. The van der Waals surface area contributed by atoms with Gasteiger partial charge in [0.1, 0.15) is 11.6 Å². The van der Waals surface area contributed by atoms with Crippen LogP contribution in [0.15, 0.2) is 18.2 Å². The maximum absolute atomic E-state index is 12.8. The van der Waals surface area contributed by atoms with Gasteiger partial charge in [0.15, 0.2) is 0 Å². The fraction of sp³-hybridized carbons (Fsp3) is 0.333. The average molecular weight is 185 g/mol. The van der Waals surface area contributed by atoms with Crippen LogP contribution in [0.3, 0.4) is 0 Å². The van der Waals surface area contributed by atoms with Crippen LogP contribution in [-0.4, -0.2) is 18.8 Å². The van der Waals surface area contributed by atoms with Crippen LogP contribution in [0.2, 0.25) is 0 Å². The van der Waals surface area contributed by atoms with Gasteiger partial charge in [-0.05, 0) is 17.7 Å². The molecule has 1 atom stereocenters. The van der Waals surface area contributed by atoms with Crippen molar-refractivity contribution in [2.24, 2.45) is 5.73 Å². The normalized spacial score (nSPS) is 12.8. The number of nitrogens with two attached hydrogens (primary N) is 1. The highest BCUT2D eigenvalue weighted by Crippen LogP contribution is 2.19. The van der Waals surface area contributed by atoms with Crippen LogP contribution < -0.4 is 5.73 Å². The van der Waals surface area contributed by atoms with E-state index in [2.05, 4.69) is 0 Å². The molecule has 0 saturated carbocycles. The van der Waals surface area contributed by atoms with Crippen LogP contribution in [0.4, 0.5) is 4.39 Å². The summed E-state index contributed by atoms with van der Waals surface area (Å²) in [4.78, 5) is 0. The highest BCUT2D eigenvalue weighted by atomic mass is 19.1. The Morgan fingerprint density at radius 3 is 2.77 bits per heavy atom. The average Bonchev–Trinajstić information content (AvgIpc) is 2.03. The number of rotatable bonds is 3. The van der Waals surface area contributed by atoms with Crippen LogP contribution in [0, 0.1) is 5.82 Å². The van der Waals surface area contributed by atoms with Gasteiger partial charge in [-0.2, -0.15) is 0 Å². The maximum atomic E-state index is 12.8. The minimum absolute atomic E-state index is 0.124. The fourth-order valence-corrected chi connectivity index (χ4v) is 1.09. The Bertz CT molecular complexity index is 271. The van der Waals surface area contributed by atoms with Crippen molar-refractivity contribution in [3.63, 3.8) is 0 Å². The lowest BCUT2D eigenvalue weighted by molar-refractivity contribution is 0.180. The van der Waals surface area contributed by atoms with E-state index in [0.29, 0.717) is 12.2 Å². The van der Waals surface area contributed by atoms with Gasteiger partial charge < -0.3 is 15.6 Å². The summed E-state index contributed by atoms with van der Waals surface area (Å²) in [5.74, 6) is -0.622. The monoisotopic (exact) mass is 185 g/mol. The topological polar surface area (TPSA) is 55.5 Å². The molecular weight excluding hydrogens is 173 g/mol. The van der Waals surface area contributed by atoms with E-state index in [4.69, 9.17) is 15.6 Å². The molecule has 0 amide bonds. The maximum Gasteiger partial charge on any atom is 0.127 e. The van der Waals surface area contributed by atoms with Crippen LogP contribution >= 0.6 is 0 Å². The van der Waals surface area contributed by atoms with Gasteiger partial charge >= 0.3 is 0 Å². The summed E-state index contributed by atoms with van der Waals surface area (Å²) in [7, 11) is 1.51. The molecule has 0 fully saturated rings. The summed E-state index contributed by atoms with van der Waals surface area (Å²) in [6, 6.07) is 3.32. The van der Waals surface area contributed by atoms with Gasteiger partial charge in [-0.3, -0.25) is 0 Å². The molecule has 4 heteroatoms. The highest BCUT2D eigenvalue weighted by molar-refractivity contribution is 5.30. The van der Waals surface area contributed by atoms with E-state index < -0.39 is 11.9 Å². The number of phenolic OH excluding ortho intramolecular Hbond substituents is 1. The zero-order chi connectivity index (χ0) is 9.84. The van der Waals surface area contributed by atoms with E-state index in [1.807, 2.05) is 0 Å². The first kappa shape index (κ1) is 9.95. The first-order chi connectivity index (χ1) is 6.13. The Kier molecular flexibility index (Phi) is 3.22. The molecule has 0 spiro atoms. The smallest absolute Gasteiger partial charge is 0.127 e. The third-order valence-electron chi connectivity index (χ3n) is 1.68. The molecule has 0 aliphatic carbocycles.